The fourth-order valence-corrected chi connectivity index (χ4v) is 3.86. The van der Waals surface area contributed by atoms with Crippen molar-refractivity contribution < 1.29 is 23.9 Å². The van der Waals surface area contributed by atoms with E-state index in [0.717, 1.165) is 28.8 Å². The average Bonchev–Trinajstić information content (AvgIpc) is 3.15. The number of Topliss-reactive ketones (excluding diaryl/α,β-unsaturated/α-hetero) is 1. The van der Waals surface area contributed by atoms with Gasteiger partial charge in [-0.3, -0.25) is 19.2 Å². The van der Waals surface area contributed by atoms with E-state index in [1.807, 2.05) is 32.9 Å². The fraction of sp³-hybridized carbons (Fsp3) is 0.333. The number of hydrogen-bond donors (Lipinski definition) is 1. The van der Waals surface area contributed by atoms with Gasteiger partial charge in [0.05, 0.1) is 0 Å². The van der Waals surface area contributed by atoms with Crippen molar-refractivity contribution in [3.05, 3.63) is 64.2 Å². The average molecular weight is 422 g/mol. The summed E-state index contributed by atoms with van der Waals surface area (Å²) in [5, 5.41) is 2.48. The van der Waals surface area contributed by atoms with E-state index in [0.29, 0.717) is 24.1 Å². The summed E-state index contributed by atoms with van der Waals surface area (Å²) in [4.78, 5) is 50.1. The van der Waals surface area contributed by atoms with Gasteiger partial charge in [-0.15, -0.1) is 0 Å². The molecule has 0 unspecified atom stereocenters. The van der Waals surface area contributed by atoms with Crippen LogP contribution in [0.25, 0.3) is 0 Å². The standard InChI is InChI=1S/C24H26N2O5/c1-15-11-16(2)23(17(3)12-15)20(27)14-31-22(29)13-25-24(30)18-6-8-19(9-7-18)26-10-4-5-21(26)28/h6-9,11-12H,4-5,10,13-14H2,1-3H3,(H,25,30). The van der Waals surface area contributed by atoms with Crippen molar-refractivity contribution in [1.82, 2.24) is 5.32 Å². The molecule has 7 heteroatoms. The summed E-state index contributed by atoms with van der Waals surface area (Å²) in [5.41, 5.74) is 4.41. The number of nitrogens with zero attached hydrogens (tertiary/aromatic N) is 1. The Labute approximate surface area is 181 Å². The van der Waals surface area contributed by atoms with Crippen LogP contribution in [0.5, 0.6) is 0 Å². The van der Waals surface area contributed by atoms with E-state index >= 15 is 0 Å². The number of carbonyl (C=O) groups is 4. The molecule has 162 valence electrons. The first-order valence-corrected chi connectivity index (χ1v) is 10.2. The van der Waals surface area contributed by atoms with Crippen molar-refractivity contribution >= 4 is 29.3 Å². The maximum Gasteiger partial charge on any atom is 0.325 e. The lowest BCUT2D eigenvalue weighted by atomic mass is 9.97. The molecule has 1 saturated heterocycles. The quantitative estimate of drug-likeness (QED) is 0.547. The summed E-state index contributed by atoms with van der Waals surface area (Å²) in [6.45, 7) is 5.61. The summed E-state index contributed by atoms with van der Waals surface area (Å²) in [5.74, 6) is -1.33. The van der Waals surface area contributed by atoms with Gasteiger partial charge in [0.25, 0.3) is 5.91 Å². The number of aryl methyl sites for hydroxylation is 3. The van der Waals surface area contributed by atoms with Crippen LogP contribution in [0.15, 0.2) is 36.4 Å². The molecule has 7 nitrogen and oxygen atoms in total. The van der Waals surface area contributed by atoms with Crippen LogP contribution in [0.3, 0.4) is 0 Å². The molecule has 0 radical (unpaired) electrons. The van der Waals surface area contributed by atoms with Crippen LogP contribution < -0.4 is 10.2 Å². The molecule has 0 bridgehead atoms. The van der Waals surface area contributed by atoms with Gasteiger partial charge in [-0.1, -0.05) is 17.7 Å². The van der Waals surface area contributed by atoms with Crippen molar-refractivity contribution in [1.29, 1.82) is 0 Å². The number of carbonyl (C=O) groups excluding carboxylic acids is 4. The van der Waals surface area contributed by atoms with Gasteiger partial charge in [-0.2, -0.15) is 0 Å². The first kappa shape index (κ1) is 22.2. The lowest BCUT2D eigenvalue weighted by Crippen LogP contribution is -2.31. The lowest BCUT2D eigenvalue weighted by Gasteiger charge is -2.15. The molecule has 1 fully saturated rings. The molecule has 1 heterocycles. The first-order valence-electron chi connectivity index (χ1n) is 10.2. The topological polar surface area (TPSA) is 92.8 Å². The van der Waals surface area contributed by atoms with Crippen molar-refractivity contribution in [2.24, 2.45) is 0 Å². The molecule has 0 aliphatic carbocycles. The molecule has 1 aliphatic rings. The van der Waals surface area contributed by atoms with Crippen LogP contribution in [0.2, 0.25) is 0 Å². The third-order valence-corrected chi connectivity index (χ3v) is 5.23. The largest absolute Gasteiger partial charge is 0.456 e. The Morgan fingerprint density at radius 1 is 1.03 bits per heavy atom. The minimum absolute atomic E-state index is 0.0746. The third kappa shape index (κ3) is 5.36. The molecular weight excluding hydrogens is 396 g/mol. The lowest BCUT2D eigenvalue weighted by molar-refractivity contribution is -0.141. The number of rotatable bonds is 7. The Hall–Kier alpha value is -3.48. The molecule has 0 saturated carbocycles. The maximum absolute atomic E-state index is 12.4. The van der Waals surface area contributed by atoms with Crippen LogP contribution in [-0.2, 0) is 14.3 Å². The van der Waals surface area contributed by atoms with E-state index in [1.54, 1.807) is 29.2 Å². The molecule has 1 aliphatic heterocycles. The predicted octanol–water partition coefficient (Wildman–Crippen LogP) is 2.89. The van der Waals surface area contributed by atoms with Crippen LogP contribution in [0.1, 0.15) is 50.2 Å². The summed E-state index contributed by atoms with van der Waals surface area (Å²) in [6, 6.07) is 10.4. The maximum atomic E-state index is 12.4. The second-order valence-electron chi connectivity index (χ2n) is 7.74. The smallest absolute Gasteiger partial charge is 0.325 e. The number of esters is 1. The molecule has 31 heavy (non-hydrogen) atoms. The highest BCUT2D eigenvalue weighted by atomic mass is 16.5. The highest BCUT2D eigenvalue weighted by Gasteiger charge is 2.22. The van der Waals surface area contributed by atoms with Crippen molar-refractivity contribution in [3.8, 4) is 0 Å². The minimum atomic E-state index is -0.691. The van der Waals surface area contributed by atoms with Crippen LogP contribution in [-0.4, -0.2) is 43.3 Å². The number of hydrogen-bond acceptors (Lipinski definition) is 5. The molecule has 0 spiro atoms. The highest BCUT2D eigenvalue weighted by molar-refractivity contribution is 6.01. The minimum Gasteiger partial charge on any atom is -0.456 e. The van der Waals surface area contributed by atoms with Gasteiger partial charge in [0.2, 0.25) is 11.7 Å². The van der Waals surface area contributed by atoms with Gasteiger partial charge in [-0.25, -0.2) is 0 Å². The molecule has 3 rings (SSSR count). The Bertz CT molecular complexity index is 1000. The zero-order chi connectivity index (χ0) is 22.5. The van der Waals surface area contributed by atoms with Crippen molar-refractivity contribution in [2.75, 3.05) is 24.6 Å². The Morgan fingerprint density at radius 2 is 1.68 bits per heavy atom. The normalized spacial score (nSPS) is 13.3. The van der Waals surface area contributed by atoms with E-state index in [9.17, 15) is 19.2 Å². The zero-order valence-electron chi connectivity index (χ0n) is 18.0. The molecular formula is C24H26N2O5. The van der Waals surface area contributed by atoms with E-state index in [4.69, 9.17) is 4.74 Å². The Kier molecular flexibility index (Phi) is 6.84. The Morgan fingerprint density at radius 3 is 2.26 bits per heavy atom. The molecule has 2 aromatic carbocycles. The zero-order valence-corrected chi connectivity index (χ0v) is 18.0. The van der Waals surface area contributed by atoms with Crippen molar-refractivity contribution in [2.45, 2.75) is 33.6 Å². The first-order chi connectivity index (χ1) is 14.8. The molecule has 2 amide bonds. The number of anilines is 1. The number of nitrogens with one attached hydrogen (secondary N) is 1. The second kappa shape index (κ2) is 9.55. The summed E-state index contributed by atoms with van der Waals surface area (Å²) in [6.07, 6.45) is 1.37. The summed E-state index contributed by atoms with van der Waals surface area (Å²) in [7, 11) is 0. The molecule has 0 aromatic heterocycles. The monoisotopic (exact) mass is 422 g/mol. The van der Waals surface area contributed by atoms with Gasteiger partial charge in [0.15, 0.2) is 6.61 Å². The number of benzene rings is 2. The van der Waals surface area contributed by atoms with Crippen molar-refractivity contribution in [3.63, 3.8) is 0 Å². The van der Waals surface area contributed by atoms with Crippen LogP contribution in [0, 0.1) is 20.8 Å². The SMILES string of the molecule is Cc1cc(C)c(C(=O)COC(=O)CNC(=O)c2ccc(N3CCCC3=O)cc2)c(C)c1. The second-order valence-corrected chi connectivity index (χ2v) is 7.74. The van der Waals surface area contributed by atoms with Gasteiger partial charge in [0, 0.05) is 29.8 Å². The van der Waals surface area contributed by atoms with Gasteiger partial charge >= 0.3 is 5.97 Å². The van der Waals surface area contributed by atoms with E-state index in [2.05, 4.69) is 5.32 Å². The van der Waals surface area contributed by atoms with E-state index in [1.165, 1.54) is 0 Å². The molecule has 2 aromatic rings. The fourth-order valence-electron chi connectivity index (χ4n) is 3.86. The van der Waals surface area contributed by atoms with Crippen LogP contribution >= 0.6 is 0 Å². The predicted molar refractivity (Wildman–Crippen MR) is 116 cm³/mol. The van der Waals surface area contributed by atoms with E-state index in [-0.39, 0.29) is 24.8 Å². The summed E-state index contributed by atoms with van der Waals surface area (Å²) >= 11 is 0. The number of amides is 2. The van der Waals surface area contributed by atoms with E-state index < -0.39 is 11.9 Å². The van der Waals surface area contributed by atoms with Gasteiger partial charge < -0.3 is 15.0 Å². The Balaban J connectivity index is 1.49. The third-order valence-electron chi connectivity index (χ3n) is 5.23. The molecule has 1 N–H and O–H groups in total. The molecule has 0 atom stereocenters. The number of ether oxygens (including phenoxy) is 1. The highest BCUT2D eigenvalue weighted by Crippen LogP contribution is 2.21. The summed E-state index contributed by atoms with van der Waals surface area (Å²) < 4.78 is 5.04. The van der Waals surface area contributed by atoms with Gasteiger partial charge in [0.1, 0.15) is 6.54 Å². The van der Waals surface area contributed by atoms with Crippen LogP contribution in [0.4, 0.5) is 5.69 Å². The van der Waals surface area contributed by atoms with Gasteiger partial charge in [-0.05, 0) is 62.6 Å². The number of ketones is 1.